The van der Waals surface area contributed by atoms with Crippen molar-refractivity contribution >= 4 is 16.3 Å². The second-order valence-electron chi connectivity index (χ2n) is 3.65. The van der Waals surface area contributed by atoms with Crippen LogP contribution in [-0.2, 0) is 13.0 Å². The molecule has 82 valence electrons. The second-order valence-corrected chi connectivity index (χ2v) is 4.52. The maximum absolute atomic E-state index is 4.56. The zero-order chi connectivity index (χ0) is 11.0. The number of hydrogen-bond acceptors (Lipinski definition) is 3. The van der Waals surface area contributed by atoms with Gasteiger partial charge in [0.25, 0.3) is 0 Å². The van der Waals surface area contributed by atoms with Gasteiger partial charge in [0.2, 0.25) is 0 Å². The Kier molecular flexibility index (Phi) is 2.25. The summed E-state index contributed by atoms with van der Waals surface area (Å²) in [7, 11) is 0. The van der Waals surface area contributed by atoms with Crippen molar-refractivity contribution in [3.63, 3.8) is 0 Å². The van der Waals surface area contributed by atoms with Crippen molar-refractivity contribution in [1.82, 2.24) is 18.9 Å². The lowest BCUT2D eigenvalue weighted by atomic mass is 10.4. The molecule has 3 heterocycles. The van der Waals surface area contributed by atoms with Crippen molar-refractivity contribution in [1.29, 1.82) is 0 Å². The molecular weight excluding hydrogens is 220 g/mol. The Morgan fingerprint density at radius 2 is 2.31 bits per heavy atom. The van der Waals surface area contributed by atoms with Crippen molar-refractivity contribution in [2.45, 2.75) is 19.9 Å². The van der Waals surface area contributed by atoms with Crippen LogP contribution in [0.1, 0.15) is 18.4 Å². The molecule has 3 rings (SSSR count). The monoisotopic (exact) mass is 232 g/mol. The number of hydrogen-bond donors (Lipinski definition) is 0. The van der Waals surface area contributed by atoms with Gasteiger partial charge in [-0.2, -0.15) is 0 Å². The molecule has 0 aliphatic rings. The largest absolute Gasteiger partial charge is 0.329 e. The Bertz CT molecular complexity index is 576. The van der Waals surface area contributed by atoms with Crippen LogP contribution in [0.25, 0.3) is 4.96 Å². The quantitative estimate of drug-likeness (QED) is 0.694. The van der Waals surface area contributed by atoms with Crippen LogP contribution in [0.2, 0.25) is 0 Å². The Balaban J connectivity index is 1.92. The summed E-state index contributed by atoms with van der Waals surface area (Å²) in [6, 6.07) is 0. The van der Waals surface area contributed by atoms with E-state index < -0.39 is 0 Å². The number of aromatic nitrogens is 4. The first-order chi connectivity index (χ1) is 7.86. The number of nitrogens with zero attached hydrogens (tertiary/aromatic N) is 4. The molecule has 0 fully saturated rings. The Labute approximate surface area is 97.2 Å². The zero-order valence-corrected chi connectivity index (χ0v) is 9.81. The van der Waals surface area contributed by atoms with Gasteiger partial charge in [0.05, 0.1) is 12.2 Å². The SMILES string of the molecule is CCc1nccn1Cc1cn2ccsc2n1. The fourth-order valence-corrected chi connectivity index (χ4v) is 2.54. The van der Waals surface area contributed by atoms with Gasteiger partial charge in [0, 0.05) is 36.6 Å². The normalized spacial score (nSPS) is 11.3. The summed E-state index contributed by atoms with van der Waals surface area (Å²) in [6.07, 6.45) is 8.91. The lowest BCUT2D eigenvalue weighted by Crippen LogP contribution is -2.03. The summed E-state index contributed by atoms with van der Waals surface area (Å²) >= 11 is 1.66. The molecule has 0 saturated heterocycles. The first-order valence-corrected chi connectivity index (χ1v) is 6.16. The molecule has 0 spiro atoms. The Morgan fingerprint density at radius 3 is 3.12 bits per heavy atom. The van der Waals surface area contributed by atoms with Gasteiger partial charge in [-0.1, -0.05) is 6.92 Å². The highest BCUT2D eigenvalue weighted by Gasteiger charge is 2.05. The van der Waals surface area contributed by atoms with Crippen molar-refractivity contribution in [2.75, 3.05) is 0 Å². The molecule has 0 bridgehead atoms. The maximum atomic E-state index is 4.56. The van der Waals surface area contributed by atoms with Crippen molar-refractivity contribution in [2.24, 2.45) is 0 Å². The van der Waals surface area contributed by atoms with Gasteiger partial charge < -0.3 is 4.57 Å². The van der Waals surface area contributed by atoms with Crippen LogP contribution in [0.15, 0.2) is 30.2 Å². The molecule has 3 aromatic heterocycles. The average molecular weight is 232 g/mol. The van der Waals surface area contributed by atoms with Crippen LogP contribution in [-0.4, -0.2) is 18.9 Å². The van der Waals surface area contributed by atoms with Crippen LogP contribution in [0.3, 0.4) is 0 Å². The highest BCUT2D eigenvalue weighted by molar-refractivity contribution is 7.15. The van der Waals surface area contributed by atoms with Crippen molar-refractivity contribution < 1.29 is 0 Å². The van der Waals surface area contributed by atoms with E-state index in [0.29, 0.717) is 0 Å². The topological polar surface area (TPSA) is 35.1 Å². The molecule has 5 heteroatoms. The highest BCUT2D eigenvalue weighted by Crippen LogP contribution is 2.12. The minimum Gasteiger partial charge on any atom is -0.329 e. The molecule has 0 aromatic carbocycles. The predicted molar refractivity (Wildman–Crippen MR) is 63.8 cm³/mol. The molecule has 0 radical (unpaired) electrons. The van der Waals surface area contributed by atoms with Gasteiger partial charge in [0.1, 0.15) is 5.82 Å². The summed E-state index contributed by atoms with van der Waals surface area (Å²) in [5.74, 6) is 1.11. The third kappa shape index (κ3) is 1.53. The molecular formula is C11H12N4S. The molecule has 0 amide bonds. The van der Waals surface area contributed by atoms with Crippen molar-refractivity contribution in [3.8, 4) is 0 Å². The van der Waals surface area contributed by atoms with Gasteiger partial charge in [-0.15, -0.1) is 11.3 Å². The van der Waals surface area contributed by atoms with Gasteiger partial charge in [-0.05, 0) is 0 Å². The van der Waals surface area contributed by atoms with E-state index in [1.54, 1.807) is 11.3 Å². The Morgan fingerprint density at radius 1 is 1.38 bits per heavy atom. The number of fused-ring (bicyclic) bond motifs is 1. The molecule has 0 N–H and O–H groups in total. The molecule has 0 aliphatic heterocycles. The van der Waals surface area contributed by atoms with Crippen molar-refractivity contribution in [3.05, 3.63) is 41.7 Å². The Hall–Kier alpha value is -1.62. The minimum absolute atomic E-state index is 0.803. The summed E-state index contributed by atoms with van der Waals surface area (Å²) in [6.45, 7) is 2.92. The van der Waals surface area contributed by atoms with E-state index in [1.807, 2.05) is 24.0 Å². The van der Waals surface area contributed by atoms with Gasteiger partial charge in [-0.3, -0.25) is 4.40 Å². The molecule has 0 unspecified atom stereocenters. The van der Waals surface area contributed by atoms with E-state index in [4.69, 9.17) is 0 Å². The first-order valence-electron chi connectivity index (χ1n) is 5.28. The van der Waals surface area contributed by atoms with Crippen LogP contribution >= 0.6 is 11.3 Å². The van der Waals surface area contributed by atoms with E-state index in [1.165, 1.54) is 0 Å². The molecule has 4 nitrogen and oxygen atoms in total. The molecule has 3 aromatic rings. The molecule has 0 aliphatic carbocycles. The fourth-order valence-electron chi connectivity index (χ4n) is 1.83. The molecule has 0 saturated carbocycles. The predicted octanol–water partition coefficient (Wildman–Crippen LogP) is 2.20. The van der Waals surface area contributed by atoms with E-state index in [9.17, 15) is 0 Å². The second kappa shape index (κ2) is 3.75. The summed E-state index contributed by atoms with van der Waals surface area (Å²) in [5, 5.41) is 2.04. The highest BCUT2D eigenvalue weighted by atomic mass is 32.1. The zero-order valence-electron chi connectivity index (χ0n) is 9.00. The van der Waals surface area contributed by atoms with Crippen LogP contribution < -0.4 is 0 Å². The van der Waals surface area contributed by atoms with E-state index in [-0.39, 0.29) is 0 Å². The van der Waals surface area contributed by atoms with Gasteiger partial charge in [0.15, 0.2) is 4.96 Å². The lowest BCUT2D eigenvalue weighted by Gasteiger charge is -2.02. The average Bonchev–Trinajstić information content (AvgIpc) is 2.92. The summed E-state index contributed by atoms with van der Waals surface area (Å²) in [4.78, 5) is 9.91. The third-order valence-electron chi connectivity index (χ3n) is 2.59. The van der Waals surface area contributed by atoms with Crippen LogP contribution in [0.4, 0.5) is 0 Å². The van der Waals surface area contributed by atoms with Gasteiger partial charge >= 0.3 is 0 Å². The number of aryl methyl sites for hydroxylation is 1. The minimum atomic E-state index is 0.803. The van der Waals surface area contributed by atoms with E-state index >= 15 is 0 Å². The fraction of sp³-hybridized carbons (Fsp3) is 0.273. The van der Waals surface area contributed by atoms with Crippen LogP contribution in [0.5, 0.6) is 0 Å². The molecule has 0 atom stereocenters. The van der Waals surface area contributed by atoms with E-state index in [0.717, 1.165) is 29.4 Å². The van der Waals surface area contributed by atoms with Crippen LogP contribution in [0, 0.1) is 0 Å². The van der Waals surface area contributed by atoms with Gasteiger partial charge in [-0.25, -0.2) is 9.97 Å². The standard InChI is InChI=1S/C11H12N4S/c1-2-10-12-3-4-14(10)7-9-8-15-5-6-16-11(15)13-9/h3-6,8H,2,7H2,1H3. The molecule has 16 heavy (non-hydrogen) atoms. The van der Waals surface area contributed by atoms with E-state index in [2.05, 4.69) is 32.1 Å². The number of rotatable bonds is 3. The smallest absolute Gasteiger partial charge is 0.193 e. The maximum Gasteiger partial charge on any atom is 0.193 e. The summed E-state index contributed by atoms with van der Waals surface area (Å²) < 4.78 is 4.20. The number of imidazole rings is 2. The first kappa shape index (κ1) is 9.59. The third-order valence-corrected chi connectivity index (χ3v) is 3.36. The number of thiazole rings is 1. The summed E-state index contributed by atoms with van der Waals surface area (Å²) in [5.41, 5.74) is 1.08. The lowest BCUT2D eigenvalue weighted by molar-refractivity contribution is 0.720.